The summed E-state index contributed by atoms with van der Waals surface area (Å²) >= 11 is 5.75. The van der Waals surface area contributed by atoms with E-state index >= 15 is 0 Å². The summed E-state index contributed by atoms with van der Waals surface area (Å²) < 4.78 is 46.6. The lowest BCUT2D eigenvalue weighted by Crippen LogP contribution is -2.31. The molecule has 0 aromatic heterocycles. The average Bonchev–Trinajstić information content (AvgIpc) is 2.54. The monoisotopic (exact) mass is 373 g/mol. The third kappa shape index (κ3) is 6.19. The number of rotatable bonds is 6. The molecule has 0 N–H and O–H groups in total. The Morgan fingerprint density at radius 3 is 2.40 bits per heavy atom. The first-order valence-corrected chi connectivity index (χ1v) is 7.58. The van der Waals surface area contributed by atoms with E-state index in [9.17, 15) is 18.0 Å². The van der Waals surface area contributed by atoms with Crippen molar-refractivity contribution in [2.24, 2.45) is 0 Å². The molecule has 134 valence electrons. The molecule has 0 heterocycles. The normalized spacial score (nSPS) is 11.1. The van der Waals surface area contributed by atoms with Crippen LogP contribution in [0.4, 0.5) is 13.2 Å². The second-order valence-electron chi connectivity index (χ2n) is 5.15. The van der Waals surface area contributed by atoms with Gasteiger partial charge < -0.3 is 14.4 Å². The van der Waals surface area contributed by atoms with Crippen molar-refractivity contribution in [2.75, 3.05) is 13.7 Å². The smallest absolute Gasteiger partial charge is 0.484 e. The van der Waals surface area contributed by atoms with E-state index in [0.29, 0.717) is 10.8 Å². The fourth-order valence-electron chi connectivity index (χ4n) is 1.99. The van der Waals surface area contributed by atoms with E-state index in [1.807, 2.05) is 0 Å². The van der Waals surface area contributed by atoms with E-state index in [4.69, 9.17) is 16.3 Å². The summed E-state index contributed by atoms with van der Waals surface area (Å²) in [5.41, 5.74) is 0.238. The van der Waals surface area contributed by atoms with E-state index in [1.54, 1.807) is 30.3 Å². The molecule has 0 aliphatic heterocycles. The van der Waals surface area contributed by atoms with E-state index in [2.05, 4.69) is 4.74 Å². The van der Waals surface area contributed by atoms with Gasteiger partial charge in [0, 0.05) is 24.2 Å². The van der Waals surface area contributed by atoms with Gasteiger partial charge in [-0.25, -0.2) is 0 Å². The van der Waals surface area contributed by atoms with Gasteiger partial charge in [-0.15, -0.1) is 13.2 Å². The lowest BCUT2D eigenvalue weighted by Gasteiger charge is -2.20. The van der Waals surface area contributed by atoms with Crippen LogP contribution in [0.15, 0.2) is 48.5 Å². The van der Waals surface area contributed by atoms with E-state index in [1.165, 1.54) is 30.1 Å². The minimum atomic E-state index is -4.80. The summed E-state index contributed by atoms with van der Waals surface area (Å²) in [6, 6.07) is 12.1. The van der Waals surface area contributed by atoms with Gasteiger partial charge in [0.05, 0.1) is 0 Å². The molecule has 0 atom stereocenters. The van der Waals surface area contributed by atoms with Crippen LogP contribution >= 0.6 is 11.6 Å². The van der Waals surface area contributed by atoms with Crippen molar-refractivity contribution in [3.05, 3.63) is 59.1 Å². The Labute approximate surface area is 147 Å². The largest absolute Gasteiger partial charge is 0.573 e. The number of carbonyl (C=O) groups excluding carboxylic acids is 1. The quantitative estimate of drug-likeness (QED) is 0.758. The maximum Gasteiger partial charge on any atom is 0.573 e. The summed E-state index contributed by atoms with van der Waals surface area (Å²) in [6.45, 7) is -0.296. The lowest BCUT2D eigenvalue weighted by atomic mass is 10.2. The second-order valence-corrected chi connectivity index (χ2v) is 5.58. The van der Waals surface area contributed by atoms with Crippen LogP contribution in [0.3, 0.4) is 0 Å². The first-order valence-electron chi connectivity index (χ1n) is 7.20. The van der Waals surface area contributed by atoms with E-state index < -0.39 is 12.3 Å². The summed E-state index contributed by atoms with van der Waals surface area (Å²) in [5, 5.41) is 0.539. The molecule has 2 aromatic carbocycles. The molecule has 2 rings (SSSR count). The van der Waals surface area contributed by atoms with Crippen LogP contribution in [0.2, 0.25) is 5.02 Å². The fraction of sp³-hybridized carbons (Fsp3) is 0.235. The minimum absolute atomic E-state index is 0.0466. The molecule has 8 heteroatoms. The number of para-hydroxylation sites is 1. The molecule has 4 nitrogen and oxygen atoms in total. The molecule has 0 aliphatic carbocycles. The number of likely N-dealkylation sites (N-methyl/N-ethyl adjacent to an activating group) is 1. The van der Waals surface area contributed by atoms with Crippen LogP contribution in [0.5, 0.6) is 11.5 Å². The molecule has 25 heavy (non-hydrogen) atoms. The Kier molecular flexibility index (Phi) is 6.14. The Morgan fingerprint density at radius 2 is 1.76 bits per heavy atom. The number of hydrogen-bond donors (Lipinski definition) is 0. The number of amides is 1. The SMILES string of the molecule is CN(Cc1ccccc1OC(F)(F)F)C(=O)COc1ccc(Cl)cc1. The minimum Gasteiger partial charge on any atom is -0.484 e. The molecule has 0 spiro atoms. The molecule has 0 aliphatic rings. The van der Waals surface area contributed by atoms with Gasteiger partial charge in [-0.3, -0.25) is 4.79 Å². The predicted molar refractivity (Wildman–Crippen MR) is 86.5 cm³/mol. The number of benzene rings is 2. The van der Waals surface area contributed by atoms with Gasteiger partial charge in [-0.05, 0) is 30.3 Å². The zero-order valence-corrected chi connectivity index (χ0v) is 14.0. The molecule has 0 fully saturated rings. The van der Waals surface area contributed by atoms with Gasteiger partial charge in [0.2, 0.25) is 0 Å². The zero-order valence-electron chi connectivity index (χ0n) is 13.2. The third-order valence-corrected chi connectivity index (χ3v) is 3.46. The predicted octanol–water partition coefficient (Wildman–Crippen LogP) is 4.28. The first-order chi connectivity index (χ1) is 11.7. The molecule has 0 saturated heterocycles. The number of halogens is 4. The van der Waals surface area contributed by atoms with Gasteiger partial charge >= 0.3 is 6.36 Å². The molecule has 0 unspecified atom stereocenters. The van der Waals surface area contributed by atoms with Gasteiger partial charge in [0.25, 0.3) is 5.91 Å². The van der Waals surface area contributed by atoms with Crippen LogP contribution in [-0.4, -0.2) is 30.8 Å². The molecule has 0 radical (unpaired) electrons. The Balaban J connectivity index is 1.95. The number of nitrogens with zero attached hydrogens (tertiary/aromatic N) is 1. The topological polar surface area (TPSA) is 38.8 Å². The van der Waals surface area contributed by atoms with E-state index in [0.717, 1.165) is 0 Å². The highest BCUT2D eigenvalue weighted by Gasteiger charge is 2.32. The Hall–Kier alpha value is -2.41. The van der Waals surface area contributed by atoms with Crippen LogP contribution in [-0.2, 0) is 11.3 Å². The van der Waals surface area contributed by atoms with Gasteiger partial charge in [-0.2, -0.15) is 0 Å². The highest BCUT2D eigenvalue weighted by atomic mass is 35.5. The highest BCUT2D eigenvalue weighted by molar-refractivity contribution is 6.30. The molecule has 2 aromatic rings. The Bertz CT molecular complexity index is 720. The number of alkyl halides is 3. The summed E-state index contributed by atoms with van der Waals surface area (Å²) in [4.78, 5) is 13.4. The van der Waals surface area contributed by atoms with Crippen LogP contribution < -0.4 is 9.47 Å². The maximum atomic E-state index is 12.4. The van der Waals surface area contributed by atoms with Gasteiger partial charge in [0.15, 0.2) is 6.61 Å². The lowest BCUT2D eigenvalue weighted by molar-refractivity contribution is -0.275. The fourth-order valence-corrected chi connectivity index (χ4v) is 2.11. The second kappa shape index (κ2) is 8.11. The third-order valence-electron chi connectivity index (χ3n) is 3.21. The molecule has 1 amide bonds. The van der Waals surface area contributed by atoms with Gasteiger partial charge in [-0.1, -0.05) is 29.8 Å². The Morgan fingerprint density at radius 1 is 1.12 bits per heavy atom. The van der Waals surface area contributed by atoms with Crippen LogP contribution in [0.25, 0.3) is 0 Å². The van der Waals surface area contributed by atoms with Crippen LogP contribution in [0, 0.1) is 0 Å². The summed E-state index contributed by atoms with van der Waals surface area (Å²) in [5.74, 6) is -0.267. The van der Waals surface area contributed by atoms with Crippen molar-refractivity contribution in [3.8, 4) is 11.5 Å². The maximum absolute atomic E-state index is 12.4. The summed E-state index contributed by atoms with van der Waals surface area (Å²) in [6.07, 6.45) is -4.80. The molecular weight excluding hydrogens is 359 g/mol. The van der Waals surface area contributed by atoms with Crippen molar-refractivity contribution in [1.29, 1.82) is 0 Å². The van der Waals surface area contributed by atoms with E-state index in [-0.39, 0.29) is 24.5 Å². The molecule has 0 bridgehead atoms. The average molecular weight is 374 g/mol. The van der Waals surface area contributed by atoms with Crippen molar-refractivity contribution in [1.82, 2.24) is 4.90 Å². The molecular formula is C17H15ClF3NO3. The van der Waals surface area contributed by atoms with Crippen LogP contribution in [0.1, 0.15) is 5.56 Å². The highest BCUT2D eigenvalue weighted by Crippen LogP contribution is 2.27. The molecule has 0 saturated carbocycles. The van der Waals surface area contributed by atoms with Crippen molar-refractivity contribution < 1.29 is 27.4 Å². The zero-order chi connectivity index (χ0) is 18.4. The van der Waals surface area contributed by atoms with Crippen molar-refractivity contribution in [3.63, 3.8) is 0 Å². The summed E-state index contributed by atoms with van der Waals surface area (Å²) in [7, 11) is 1.47. The number of ether oxygens (including phenoxy) is 2. The van der Waals surface area contributed by atoms with Crippen molar-refractivity contribution >= 4 is 17.5 Å². The van der Waals surface area contributed by atoms with Crippen molar-refractivity contribution in [2.45, 2.75) is 12.9 Å². The number of carbonyl (C=O) groups is 1. The number of hydrogen-bond acceptors (Lipinski definition) is 3. The van der Waals surface area contributed by atoms with Gasteiger partial charge in [0.1, 0.15) is 11.5 Å². The standard InChI is InChI=1S/C17H15ClF3NO3/c1-22(16(23)11-24-14-8-6-13(18)7-9-14)10-12-4-2-3-5-15(12)25-17(19,20)21/h2-9H,10-11H2,1H3. The first kappa shape index (κ1) is 18.9.